The first kappa shape index (κ1) is 14.6. The third kappa shape index (κ3) is 3.53. The monoisotopic (exact) mass is 279 g/mol. The van der Waals surface area contributed by atoms with Gasteiger partial charge < -0.3 is 9.84 Å². The standard InChI is InChI=1S/C11H12ClF2NO3/c1-2-18-9(17)4-7-6(5-12)3-8(16)10(15-7)11(13)14/h3,11,16H,2,4-5H2,1H3. The Hall–Kier alpha value is -1.43. The molecule has 0 atom stereocenters. The zero-order valence-electron chi connectivity index (χ0n) is 9.62. The molecule has 0 aromatic carbocycles. The van der Waals surface area contributed by atoms with Gasteiger partial charge in [-0.3, -0.25) is 4.79 Å². The van der Waals surface area contributed by atoms with Gasteiger partial charge in [0.1, 0.15) is 11.4 Å². The van der Waals surface area contributed by atoms with E-state index in [2.05, 4.69) is 4.98 Å². The summed E-state index contributed by atoms with van der Waals surface area (Å²) in [5.74, 6) is -1.26. The van der Waals surface area contributed by atoms with Crippen LogP contribution in [0.2, 0.25) is 0 Å². The Morgan fingerprint density at radius 3 is 2.78 bits per heavy atom. The molecule has 0 aliphatic carbocycles. The Kier molecular flexibility index (Phi) is 5.27. The van der Waals surface area contributed by atoms with E-state index in [9.17, 15) is 18.7 Å². The molecular weight excluding hydrogens is 268 g/mol. The highest BCUT2D eigenvalue weighted by Gasteiger charge is 2.19. The second-order valence-electron chi connectivity index (χ2n) is 3.41. The first-order chi connectivity index (χ1) is 8.49. The summed E-state index contributed by atoms with van der Waals surface area (Å²) in [5, 5.41) is 9.34. The minimum atomic E-state index is -2.92. The van der Waals surface area contributed by atoms with Crippen LogP contribution < -0.4 is 0 Å². The SMILES string of the molecule is CCOC(=O)Cc1nc(C(F)F)c(O)cc1CCl. The number of carbonyl (C=O) groups excluding carboxylic acids is 1. The molecule has 0 aliphatic heterocycles. The third-order valence-corrected chi connectivity index (χ3v) is 2.46. The summed E-state index contributed by atoms with van der Waals surface area (Å²) in [4.78, 5) is 14.9. The topological polar surface area (TPSA) is 59.4 Å². The Balaban J connectivity index is 3.08. The van der Waals surface area contributed by atoms with Crippen LogP contribution in [0.25, 0.3) is 0 Å². The first-order valence-electron chi connectivity index (χ1n) is 5.21. The first-order valence-corrected chi connectivity index (χ1v) is 5.74. The Morgan fingerprint density at radius 2 is 2.28 bits per heavy atom. The zero-order chi connectivity index (χ0) is 13.7. The lowest BCUT2D eigenvalue weighted by Gasteiger charge is -2.10. The molecule has 100 valence electrons. The summed E-state index contributed by atoms with van der Waals surface area (Å²) >= 11 is 5.61. The lowest BCUT2D eigenvalue weighted by Crippen LogP contribution is -2.11. The van der Waals surface area contributed by atoms with Crippen molar-refractivity contribution in [1.82, 2.24) is 4.98 Å². The van der Waals surface area contributed by atoms with Gasteiger partial charge in [0.2, 0.25) is 0 Å². The molecule has 18 heavy (non-hydrogen) atoms. The van der Waals surface area contributed by atoms with Crippen molar-refractivity contribution in [3.05, 3.63) is 23.0 Å². The summed E-state index contributed by atoms with van der Waals surface area (Å²) in [5.41, 5.74) is -0.341. The molecule has 4 nitrogen and oxygen atoms in total. The lowest BCUT2D eigenvalue weighted by molar-refractivity contribution is -0.142. The van der Waals surface area contributed by atoms with Crippen molar-refractivity contribution >= 4 is 17.6 Å². The molecular formula is C11H12ClF2NO3. The summed E-state index contributed by atoms with van der Waals surface area (Å²) < 4.78 is 29.8. The van der Waals surface area contributed by atoms with Gasteiger partial charge in [-0.25, -0.2) is 13.8 Å². The summed E-state index contributed by atoms with van der Waals surface area (Å²) in [7, 11) is 0. The fraction of sp³-hybridized carbons (Fsp3) is 0.455. The van der Waals surface area contributed by atoms with Gasteiger partial charge in [-0.15, -0.1) is 11.6 Å². The Labute approximate surface area is 108 Å². The normalized spacial score (nSPS) is 10.7. The number of nitrogens with zero attached hydrogens (tertiary/aromatic N) is 1. The number of aromatic hydroxyl groups is 1. The van der Waals surface area contributed by atoms with Gasteiger partial charge >= 0.3 is 5.97 Å². The molecule has 0 radical (unpaired) electrons. The van der Waals surface area contributed by atoms with Crippen LogP contribution in [-0.4, -0.2) is 22.7 Å². The average molecular weight is 280 g/mol. The highest BCUT2D eigenvalue weighted by molar-refractivity contribution is 6.17. The van der Waals surface area contributed by atoms with Crippen LogP contribution in [0, 0.1) is 0 Å². The van der Waals surface area contributed by atoms with Crippen molar-refractivity contribution in [1.29, 1.82) is 0 Å². The number of rotatable bonds is 5. The molecule has 0 saturated heterocycles. The molecule has 0 bridgehead atoms. The van der Waals surface area contributed by atoms with Gasteiger partial charge in [-0.2, -0.15) is 0 Å². The summed E-state index contributed by atoms with van der Waals surface area (Å²) in [6, 6.07) is 1.09. The van der Waals surface area contributed by atoms with Gasteiger partial charge in [-0.05, 0) is 18.6 Å². The Bertz CT molecular complexity index is 441. The maximum atomic E-state index is 12.6. The van der Waals surface area contributed by atoms with Crippen molar-refractivity contribution in [2.45, 2.75) is 25.7 Å². The highest BCUT2D eigenvalue weighted by Crippen LogP contribution is 2.29. The average Bonchev–Trinajstić information content (AvgIpc) is 2.30. The highest BCUT2D eigenvalue weighted by atomic mass is 35.5. The van der Waals surface area contributed by atoms with Crippen molar-refractivity contribution in [2.75, 3.05) is 6.61 Å². The minimum Gasteiger partial charge on any atom is -0.506 e. The van der Waals surface area contributed by atoms with Crippen LogP contribution in [0.1, 0.15) is 30.3 Å². The molecule has 7 heteroatoms. The van der Waals surface area contributed by atoms with Gasteiger partial charge in [0.15, 0.2) is 0 Å². The number of carbonyl (C=O) groups is 1. The minimum absolute atomic E-state index is 0.0428. The predicted molar refractivity (Wildman–Crippen MR) is 60.8 cm³/mol. The number of halogens is 3. The molecule has 0 unspecified atom stereocenters. The molecule has 0 saturated carbocycles. The summed E-state index contributed by atoms with van der Waals surface area (Å²) in [6.45, 7) is 1.82. The maximum absolute atomic E-state index is 12.6. The Morgan fingerprint density at radius 1 is 1.61 bits per heavy atom. The van der Waals surface area contributed by atoms with E-state index in [0.717, 1.165) is 6.07 Å². The molecule has 0 fully saturated rings. The van der Waals surface area contributed by atoms with Crippen LogP contribution in [0.3, 0.4) is 0 Å². The molecule has 1 N–H and O–H groups in total. The van der Waals surface area contributed by atoms with E-state index in [1.807, 2.05) is 0 Å². The van der Waals surface area contributed by atoms with Crippen LogP contribution >= 0.6 is 11.6 Å². The van der Waals surface area contributed by atoms with Crippen molar-refractivity contribution in [3.63, 3.8) is 0 Å². The lowest BCUT2D eigenvalue weighted by atomic mass is 10.1. The predicted octanol–water partition coefficient (Wildman–Crippen LogP) is 2.57. The van der Waals surface area contributed by atoms with Gasteiger partial charge in [0.05, 0.1) is 18.7 Å². The van der Waals surface area contributed by atoms with E-state index in [1.54, 1.807) is 6.92 Å². The number of esters is 1. The van der Waals surface area contributed by atoms with E-state index in [0.29, 0.717) is 5.56 Å². The van der Waals surface area contributed by atoms with E-state index in [-0.39, 0.29) is 24.6 Å². The van der Waals surface area contributed by atoms with Crippen LogP contribution in [-0.2, 0) is 21.8 Å². The van der Waals surface area contributed by atoms with E-state index in [1.165, 1.54) is 0 Å². The fourth-order valence-electron chi connectivity index (χ4n) is 1.37. The molecule has 1 aromatic heterocycles. The number of pyridine rings is 1. The number of hydrogen-bond donors (Lipinski definition) is 1. The smallest absolute Gasteiger partial charge is 0.311 e. The second-order valence-corrected chi connectivity index (χ2v) is 3.68. The molecule has 1 aromatic rings. The van der Waals surface area contributed by atoms with Gasteiger partial charge in [0.25, 0.3) is 6.43 Å². The van der Waals surface area contributed by atoms with Gasteiger partial charge in [-0.1, -0.05) is 0 Å². The number of aromatic nitrogens is 1. The number of alkyl halides is 3. The van der Waals surface area contributed by atoms with Crippen LogP contribution in [0.5, 0.6) is 5.75 Å². The molecule has 0 aliphatic rings. The maximum Gasteiger partial charge on any atom is 0.311 e. The fourth-order valence-corrected chi connectivity index (χ4v) is 1.61. The van der Waals surface area contributed by atoms with E-state index >= 15 is 0 Å². The third-order valence-electron chi connectivity index (χ3n) is 2.17. The second kappa shape index (κ2) is 6.49. The van der Waals surface area contributed by atoms with E-state index < -0.39 is 23.8 Å². The molecule has 0 spiro atoms. The summed E-state index contributed by atoms with van der Waals surface area (Å²) in [6.07, 6.45) is -3.18. The molecule has 0 amide bonds. The molecule has 1 heterocycles. The zero-order valence-corrected chi connectivity index (χ0v) is 10.4. The van der Waals surface area contributed by atoms with Crippen LogP contribution in [0.15, 0.2) is 6.07 Å². The number of ether oxygens (including phenoxy) is 1. The van der Waals surface area contributed by atoms with E-state index in [4.69, 9.17) is 16.3 Å². The van der Waals surface area contributed by atoms with Gasteiger partial charge in [0, 0.05) is 5.88 Å². The molecule has 1 rings (SSSR count). The van der Waals surface area contributed by atoms with Crippen LogP contribution in [0.4, 0.5) is 8.78 Å². The van der Waals surface area contributed by atoms with Crippen molar-refractivity contribution in [3.8, 4) is 5.75 Å². The van der Waals surface area contributed by atoms with Crippen molar-refractivity contribution in [2.24, 2.45) is 0 Å². The quantitative estimate of drug-likeness (QED) is 0.665. The largest absolute Gasteiger partial charge is 0.506 e. The number of hydrogen-bond acceptors (Lipinski definition) is 4. The van der Waals surface area contributed by atoms with Crippen molar-refractivity contribution < 1.29 is 23.4 Å².